The van der Waals surface area contributed by atoms with Crippen LogP contribution in [-0.2, 0) is 9.84 Å². The van der Waals surface area contributed by atoms with Crippen molar-refractivity contribution in [1.82, 2.24) is 0 Å². The van der Waals surface area contributed by atoms with E-state index in [1.807, 2.05) is 25.1 Å². The minimum Gasteiger partial charge on any atom is -0.485 e. The SMILES string of the molecule is Cc1cccc2c1OC1CS(=O)(=O)CC1N2. The molecule has 16 heavy (non-hydrogen) atoms. The summed E-state index contributed by atoms with van der Waals surface area (Å²) in [6.45, 7) is 1.96. The second-order valence-corrected chi connectivity index (χ2v) is 6.59. The zero-order chi connectivity index (χ0) is 11.3. The van der Waals surface area contributed by atoms with Crippen molar-refractivity contribution in [2.24, 2.45) is 0 Å². The van der Waals surface area contributed by atoms with E-state index < -0.39 is 9.84 Å². The molecule has 5 heteroatoms. The van der Waals surface area contributed by atoms with E-state index in [1.165, 1.54) is 0 Å². The molecule has 2 aliphatic heterocycles. The second kappa shape index (κ2) is 3.13. The van der Waals surface area contributed by atoms with Crippen LogP contribution in [-0.4, -0.2) is 32.1 Å². The molecular weight excluding hydrogens is 226 g/mol. The Morgan fingerprint density at radius 2 is 2.19 bits per heavy atom. The lowest BCUT2D eigenvalue weighted by Crippen LogP contribution is -2.40. The van der Waals surface area contributed by atoms with Crippen molar-refractivity contribution in [3.05, 3.63) is 23.8 Å². The third-order valence-corrected chi connectivity index (χ3v) is 4.83. The normalized spacial score (nSPS) is 29.8. The van der Waals surface area contributed by atoms with Gasteiger partial charge in [-0.15, -0.1) is 0 Å². The van der Waals surface area contributed by atoms with Crippen molar-refractivity contribution < 1.29 is 13.2 Å². The third-order valence-electron chi connectivity index (χ3n) is 3.12. The van der Waals surface area contributed by atoms with Crippen LogP contribution in [0.2, 0.25) is 0 Å². The Hall–Kier alpha value is -1.23. The van der Waals surface area contributed by atoms with E-state index in [0.717, 1.165) is 17.0 Å². The molecule has 0 radical (unpaired) electrons. The molecule has 2 atom stereocenters. The van der Waals surface area contributed by atoms with Crippen molar-refractivity contribution in [3.63, 3.8) is 0 Å². The lowest BCUT2D eigenvalue weighted by Gasteiger charge is -2.30. The highest BCUT2D eigenvalue weighted by Crippen LogP contribution is 2.36. The van der Waals surface area contributed by atoms with Gasteiger partial charge >= 0.3 is 0 Å². The highest BCUT2D eigenvalue weighted by Gasteiger charge is 2.42. The number of anilines is 1. The second-order valence-electron chi connectivity index (χ2n) is 4.44. The first-order chi connectivity index (χ1) is 7.55. The fraction of sp³-hybridized carbons (Fsp3) is 0.455. The monoisotopic (exact) mass is 239 g/mol. The van der Waals surface area contributed by atoms with Gasteiger partial charge in [0.1, 0.15) is 11.9 Å². The molecule has 1 aromatic rings. The molecule has 0 saturated carbocycles. The molecule has 86 valence electrons. The van der Waals surface area contributed by atoms with Crippen LogP contribution in [0.1, 0.15) is 5.56 Å². The molecule has 1 aromatic carbocycles. The van der Waals surface area contributed by atoms with Gasteiger partial charge in [0.25, 0.3) is 0 Å². The number of fused-ring (bicyclic) bond motifs is 2. The van der Waals surface area contributed by atoms with Crippen molar-refractivity contribution in [2.45, 2.75) is 19.1 Å². The number of hydrogen-bond acceptors (Lipinski definition) is 4. The largest absolute Gasteiger partial charge is 0.485 e. The van der Waals surface area contributed by atoms with Crippen molar-refractivity contribution in [3.8, 4) is 5.75 Å². The van der Waals surface area contributed by atoms with Gasteiger partial charge in [-0.25, -0.2) is 8.42 Å². The van der Waals surface area contributed by atoms with Crippen LogP contribution in [0.15, 0.2) is 18.2 Å². The first-order valence-corrected chi connectivity index (χ1v) is 7.10. The summed E-state index contributed by atoms with van der Waals surface area (Å²) in [4.78, 5) is 0. The fourth-order valence-corrected chi connectivity index (χ4v) is 4.12. The number of sulfone groups is 1. The molecular formula is C11H13NO3S. The van der Waals surface area contributed by atoms with Gasteiger partial charge in [0.05, 0.1) is 23.2 Å². The van der Waals surface area contributed by atoms with Gasteiger partial charge in [0.15, 0.2) is 9.84 Å². The van der Waals surface area contributed by atoms with Gasteiger partial charge in [-0.2, -0.15) is 0 Å². The third kappa shape index (κ3) is 1.46. The van der Waals surface area contributed by atoms with E-state index in [1.54, 1.807) is 0 Å². The minimum absolute atomic E-state index is 0.0979. The van der Waals surface area contributed by atoms with Crippen LogP contribution >= 0.6 is 0 Å². The zero-order valence-electron chi connectivity index (χ0n) is 8.93. The minimum atomic E-state index is -2.95. The summed E-state index contributed by atoms with van der Waals surface area (Å²) in [5.74, 6) is 1.09. The van der Waals surface area contributed by atoms with Crippen LogP contribution in [0.3, 0.4) is 0 Å². The van der Waals surface area contributed by atoms with Crippen LogP contribution in [0.25, 0.3) is 0 Å². The number of benzene rings is 1. The van der Waals surface area contributed by atoms with E-state index in [2.05, 4.69) is 5.32 Å². The van der Waals surface area contributed by atoms with Gasteiger partial charge in [-0.05, 0) is 18.6 Å². The topological polar surface area (TPSA) is 55.4 Å². The van der Waals surface area contributed by atoms with Crippen molar-refractivity contribution in [2.75, 3.05) is 16.8 Å². The van der Waals surface area contributed by atoms with E-state index in [0.29, 0.717) is 0 Å². The molecule has 1 saturated heterocycles. The smallest absolute Gasteiger partial charge is 0.156 e. The van der Waals surface area contributed by atoms with E-state index in [9.17, 15) is 8.42 Å². The molecule has 2 unspecified atom stereocenters. The summed E-state index contributed by atoms with van der Waals surface area (Å²) in [6, 6.07) is 5.72. The summed E-state index contributed by atoms with van der Waals surface area (Å²) in [5, 5.41) is 3.25. The maximum atomic E-state index is 11.5. The van der Waals surface area contributed by atoms with Crippen molar-refractivity contribution >= 4 is 15.5 Å². The summed E-state index contributed by atoms with van der Waals surface area (Å²) in [5.41, 5.74) is 1.94. The number of ether oxygens (including phenoxy) is 1. The average molecular weight is 239 g/mol. The highest BCUT2D eigenvalue weighted by molar-refractivity contribution is 7.91. The first kappa shape index (κ1) is 9.96. The molecule has 4 nitrogen and oxygen atoms in total. The van der Waals surface area contributed by atoms with Crippen LogP contribution in [0, 0.1) is 6.92 Å². The van der Waals surface area contributed by atoms with Gasteiger partial charge in [0.2, 0.25) is 0 Å². The molecule has 1 N–H and O–H groups in total. The van der Waals surface area contributed by atoms with Gasteiger partial charge < -0.3 is 10.1 Å². The van der Waals surface area contributed by atoms with Gasteiger partial charge in [-0.1, -0.05) is 12.1 Å². The number of rotatable bonds is 0. The predicted molar refractivity (Wildman–Crippen MR) is 61.7 cm³/mol. The van der Waals surface area contributed by atoms with Crippen molar-refractivity contribution in [1.29, 1.82) is 0 Å². The molecule has 2 heterocycles. The number of nitrogens with one attached hydrogen (secondary N) is 1. The Labute approximate surface area is 94.5 Å². The Morgan fingerprint density at radius 1 is 1.38 bits per heavy atom. The summed E-state index contributed by atoms with van der Waals surface area (Å²) in [6.07, 6.45) is -0.237. The molecule has 0 bridgehead atoms. The maximum Gasteiger partial charge on any atom is 0.156 e. The zero-order valence-corrected chi connectivity index (χ0v) is 9.75. The predicted octanol–water partition coefficient (Wildman–Crippen LogP) is 0.965. The van der Waals surface area contributed by atoms with E-state index in [4.69, 9.17) is 4.74 Å². The quantitative estimate of drug-likeness (QED) is 0.733. The molecule has 0 aromatic heterocycles. The summed E-state index contributed by atoms with van der Waals surface area (Å²) >= 11 is 0. The fourth-order valence-electron chi connectivity index (χ4n) is 2.34. The highest BCUT2D eigenvalue weighted by atomic mass is 32.2. The molecule has 0 aliphatic carbocycles. The molecule has 0 spiro atoms. The lowest BCUT2D eigenvalue weighted by molar-refractivity contribution is 0.204. The number of aryl methyl sites for hydroxylation is 1. The summed E-state index contributed by atoms with van der Waals surface area (Å²) < 4.78 is 28.8. The summed E-state index contributed by atoms with van der Waals surface area (Å²) in [7, 11) is -2.95. The molecule has 3 rings (SSSR count). The van der Waals surface area contributed by atoms with Crippen LogP contribution in [0.4, 0.5) is 5.69 Å². The van der Waals surface area contributed by atoms with Crippen LogP contribution in [0.5, 0.6) is 5.75 Å². The Kier molecular flexibility index (Phi) is 1.95. The average Bonchev–Trinajstić information content (AvgIpc) is 2.48. The van der Waals surface area contributed by atoms with Crippen LogP contribution < -0.4 is 10.1 Å². The van der Waals surface area contributed by atoms with Gasteiger partial charge in [-0.3, -0.25) is 0 Å². The Morgan fingerprint density at radius 3 is 3.00 bits per heavy atom. The van der Waals surface area contributed by atoms with Gasteiger partial charge in [0, 0.05) is 0 Å². The number of hydrogen-bond donors (Lipinski definition) is 1. The first-order valence-electron chi connectivity index (χ1n) is 5.28. The lowest BCUT2D eigenvalue weighted by atomic mass is 10.1. The number of para-hydroxylation sites is 1. The van der Waals surface area contributed by atoms with E-state index >= 15 is 0 Å². The Bertz CT molecular complexity index is 538. The molecule has 1 fully saturated rings. The standard InChI is InChI=1S/C11H13NO3S/c1-7-3-2-4-8-11(7)15-10-6-16(13,14)5-9(10)12-8/h2-4,9-10,12H,5-6H2,1H3. The molecule has 2 aliphatic rings. The Balaban J connectivity index is 2.00. The maximum absolute atomic E-state index is 11.5. The van der Waals surface area contributed by atoms with E-state index in [-0.39, 0.29) is 23.7 Å². The molecule has 0 amide bonds.